The van der Waals surface area contributed by atoms with Crippen molar-refractivity contribution in [3.8, 4) is 0 Å². The second kappa shape index (κ2) is 7.81. The highest BCUT2D eigenvalue weighted by molar-refractivity contribution is 6.48. The molecule has 2 N–H and O–H groups in total. The van der Waals surface area contributed by atoms with Crippen molar-refractivity contribution in [1.82, 2.24) is 19.5 Å². The van der Waals surface area contributed by atoms with E-state index >= 15 is 0 Å². The maximum atomic E-state index is 13.4. The third-order valence-corrected chi connectivity index (χ3v) is 6.42. The molecule has 3 aromatic heterocycles. The summed E-state index contributed by atoms with van der Waals surface area (Å²) in [6.07, 6.45) is 8.01. The predicted octanol–water partition coefficient (Wildman–Crippen LogP) is 2.78. The highest BCUT2D eigenvalue weighted by Crippen LogP contribution is 2.43. The smallest absolute Gasteiger partial charge is 0.196 e. The summed E-state index contributed by atoms with van der Waals surface area (Å²) in [5, 5.41) is 0.690. The Morgan fingerprint density at radius 2 is 2.00 bits per heavy atom. The van der Waals surface area contributed by atoms with Gasteiger partial charge < -0.3 is 19.5 Å². The van der Waals surface area contributed by atoms with E-state index in [0.29, 0.717) is 41.1 Å². The molecule has 0 aliphatic carbocycles. The number of hydrogen-bond donors (Lipinski definition) is 1. The van der Waals surface area contributed by atoms with E-state index in [1.807, 2.05) is 6.20 Å². The molecule has 4 rings (SSSR count). The lowest BCUT2D eigenvalue weighted by Crippen LogP contribution is -2.64. The summed E-state index contributed by atoms with van der Waals surface area (Å²) in [5.41, 5.74) is 7.36. The second-order valence-electron chi connectivity index (χ2n) is 9.54. The zero-order valence-corrected chi connectivity index (χ0v) is 19.8. The fraction of sp³-hybridized carbons (Fsp3) is 0.455. The summed E-state index contributed by atoms with van der Waals surface area (Å²) in [4.78, 5) is 26.2. The largest absolute Gasteiger partial charge is 0.415 e. The van der Waals surface area contributed by atoms with Gasteiger partial charge in [0.1, 0.15) is 17.5 Å². The van der Waals surface area contributed by atoms with Crippen LogP contribution in [0.1, 0.15) is 36.7 Å². The molecule has 0 saturated carbocycles. The number of hydrogen-bond acceptors (Lipinski definition) is 7. The summed E-state index contributed by atoms with van der Waals surface area (Å²) in [7, 11) is -1.35. The Kier molecular flexibility index (Phi) is 5.44. The number of pyridine rings is 1. The van der Waals surface area contributed by atoms with Crippen molar-refractivity contribution in [3.05, 3.63) is 48.3 Å². The number of nitrogens with zero attached hydrogens (tertiary/aromatic N) is 4. The van der Waals surface area contributed by atoms with E-state index < -0.39 is 14.6 Å². The molecule has 3 aromatic rings. The molecule has 0 bridgehead atoms. The van der Waals surface area contributed by atoms with Gasteiger partial charge in [0, 0.05) is 35.7 Å². The summed E-state index contributed by atoms with van der Waals surface area (Å²) in [6.45, 7) is 11.9. The average Bonchev–Trinajstić information content (AvgIpc) is 3.05. The SMILES string of the molecule is C[SiH](C)OC(C(C)(C)C)C1(n2cc(C(=O)c3cncc(N)c3)c3cncnc32)COC1. The Labute approximate surface area is 183 Å². The molecular weight excluding hydrogens is 410 g/mol. The number of aromatic nitrogens is 4. The Hall–Kier alpha value is -2.62. The molecule has 8 nitrogen and oxygen atoms in total. The van der Waals surface area contributed by atoms with Gasteiger partial charge in [-0.1, -0.05) is 20.8 Å². The molecule has 164 valence electrons. The minimum absolute atomic E-state index is 0.0945. The molecular formula is C22H29N5O3Si. The average molecular weight is 440 g/mol. The number of fused-ring (bicyclic) bond motifs is 1. The van der Waals surface area contributed by atoms with Gasteiger partial charge in [0.05, 0.1) is 30.6 Å². The minimum atomic E-state index is -1.35. The van der Waals surface area contributed by atoms with Gasteiger partial charge in [0.25, 0.3) is 0 Å². The Bertz CT molecular complexity index is 1120. The van der Waals surface area contributed by atoms with E-state index in [1.54, 1.807) is 12.3 Å². The van der Waals surface area contributed by atoms with Crippen molar-refractivity contribution >= 4 is 31.5 Å². The van der Waals surface area contributed by atoms with E-state index in [-0.39, 0.29) is 17.3 Å². The molecule has 0 aromatic carbocycles. The van der Waals surface area contributed by atoms with Crippen LogP contribution in [0.15, 0.2) is 37.2 Å². The van der Waals surface area contributed by atoms with E-state index in [1.165, 1.54) is 18.7 Å². The van der Waals surface area contributed by atoms with Crippen molar-refractivity contribution in [2.24, 2.45) is 5.41 Å². The maximum Gasteiger partial charge on any atom is 0.196 e. The number of nitrogen functional groups attached to an aromatic ring is 1. The summed E-state index contributed by atoms with van der Waals surface area (Å²) in [6, 6.07) is 1.63. The second-order valence-corrected chi connectivity index (χ2v) is 11.9. The quantitative estimate of drug-likeness (QED) is 0.465. The minimum Gasteiger partial charge on any atom is -0.415 e. The third-order valence-electron chi connectivity index (χ3n) is 5.60. The molecule has 1 atom stereocenters. The highest BCUT2D eigenvalue weighted by atomic mass is 28.3. The number of carbonyl (C=O) groups excluding carboxylic acids is 1. The zero-order valence-electron chi connectivity index (χ0n) is 18.6. The molecule has 4 heterocycles. The Balaban J connectivity index is 1.89. The number of ether oxygens (including phenoxy) is 1. The van der Waals surface area contributed by atoms with Gasteiger partial charge >= 0.3 is 0 Å². The Morgan fingerprint density at radius 3 is 2.58 bits per heavy atom. The van der Waals surface area contributed by atoms with Gasteiger partial charge in [0.15, 0.2) is 14.8 Å². The molecule has 1 aliphatic heterocycles. The monoisotopic (exact) mass is 439 g/mol. The fourth-order valence-electron chi connectivity index (χ4n) is 4.36. The first-order valence-electron chi connectivity index (χ1n) is 10.4. The van der Waals surface area contributed by atoms with Crippen LogP contribution >= 0.6 is 0 Å². The molecule has 31 heavy (non-hydrogen) atoms. The lowest BCUT2D eigenvalue weighted by molar-refractivity contribution is -0.175. The first-order chi connectivity index (χ1) is 14.6. The number of anilines is 1. The highest BCUT2D eigenvalue weighted by Gasteiger charge is 2.53. The lowest BCUT2D eigenvalue weighted by atomic mass is 9.75. The van der Waals surface area contributed by atoms with Gasteiger partial charge in [0.2, 0.25) is 0 Å². The van der Waals surface area contributed by atoms with Crippen LogP contribution in [0, 0.1) is 5.41 Å². The Morgan fingerprint density at radius 1 is 1.26 bits per heavy atom. The van der Waals surface area contributed by atoms with Crippen LogP contribution < -0.4 is 5.73 Å². The van der Waals surface area contributed by atoms with Crippen molar-refractivity contribution in [1.29, 1.82) is 0 Å². The van der Waals surface area contributed by atoms with Gasteiger partial charge in [-0.2, -0.15) is 0 Å². The van der Waals surface area contributed by atoms with Gasteiger partial charge in [-0.3, -0.25) is 9.78 Å². The fourth-order valence-corrected chi connectivity index (χ4v) is 5.57. The molecule has 1 fully saturated rings. The first-order valence-corrected chi connectivity index (χ1v) is 13.2. The number of nitrogens with two attached hydrogens (primary N) is 1. The standard InChI is InChI=1S/C22H29N5O3Si/c1-21(2,3)20(30-31(4)5)22(11-29-12-22)27-10-17(16-9-25-13-26-19(16)27)18(28)14-6-15(23)8-24-7-14/h6-10,13,20,31H,11-12,23H2,1-5H3. The molecule has 1 aliphatic rings. The molecule has 1 saturated heterocycles. The number of ketones is 1. The van der Waals surface area contributed by atoms with E-state index in [0.717, 1.165) is 0 Å². The topological polar surface area (TPSA) is 105 Å². The van der Waals surface area contributed by atoms with Crippen LogP contribution in [0.2, 0.25) is 13.1 Å². The van der Waals surface area contributed by atoms with Crippen molar-refractivity contribution in [3.63, 3.8) is 0 Å². The third kappa shape index (κ3) is 3.77. The van der Waals surface area contributed by atoms with Crippen molar-refractivity contribution in [2.75, 3.05) is 18.9 Å². The molecule has 1 unspecified atom stereocenters. The van der Waals surface area contributed by atoms with Crippen molar-refractivity contribution < 1.29 is 14.0 Å². The van der Waals surface area contributed by atoms with Crippen molar-refractivity contribution in [2.45, 2.75) is 45.5 Å². The van der Waals surface area contributed by atoms with Crippen LogP contribution in [0.25, 0.3) is 11.0 Å². The number of carbonyl (C=O) groups is 1. The predicted molar refractivity (Wildman–Crippen MR) is 122 cm³/mol. The lowest BCUT2D eigenvalue weighted by Gasteiger charge is -2.53. The van der Waals surface area contributed by atoms with Gasteiger partial charge in [-0.15, -0.1) is 0 Å². The van der Waals surface area contributed by atoms with Crippen LogP contribution in [0.5, 0.6) is 0 Å². The first kappa shape index (κ1) is 21.6. The van der Waals surface area contributed by atoms with E-state index in [4.69, 9.17) is 14.9 Å². The van der Waals surface area contributed by atoms with Crippen LogP contribution in [0.3, 0.4) is 0 Å². The molecule has 9 heteroatoms. The van der Waals surface area contributed by atoms with Crippen LogP contribution in [-0.4, -0.2) is 53.7 Å². The van der Waals surface area contributed by atoms with E-state index in [9.17, 15) is 4.79 Å². The maximum absolute atomic E-state index is 13.4. The summed E-state index contributed by atoms with van der Waals surface area (Å²) < 4.78 is 14.4. The summed E-state index contributed by atoms with van der Waals surface area (Å²) >= 11 is 0. The van der Waals surface area contributed by atoms with E-state index in [2.05, 4.69) is 53.4 Å². The summed E-state index contributed by atoms with van der Waals surface area (Å²) in [5.74, 6) is -0.166. The molecule has 0 amide bonds. The van der Waals surface area contributed by atoms with Crippen LogP contribution in [-0.2, 0) is 14.7 Å². The number of rotatable bonds is 6. The molecule has 0 spiro atoms. The van der Waals surface area contributed by atoms with Gasteiger partial charge in [-0.05, 0) is 24.6 Å². The van der Waals surface area contributed by atoms with Crippen LogP contribution in [0.4, 0.5) is 5.69 Å². The normalized spacial score (nSPS) is 17.0. The zero-order chi connectivity index (χ0) is 22.4. The molecule has 0 radical (unpaired) electrons. The van der Waals surface area contributed by atoms with Gasteiger partial charge in [-0.25, -0.2) is 9.97 Å².